The smallest absolute Gasteiger partial charge is 0.241 e. The van der Waals surface area contributed by atoms with E-state index in [9.17, 15) is 8.42 Å². The van der Waals surface area contributed by atoms with E-state index in [1.807, 2.05) is 31.2 Å². The number of nitrogens with zero attached hydrogens (tertiary/aromatic N) is 1. The van der Waals surface area contributed by atoms with Crippen molar-refractivity contribution in [2.45, 2.75) is 37.2 Å². The molecule has 0 amide bonds. The molecule has 0 unspecified atom stereocenters. The number of hydrogen-bond donors (Lipinski definition) is 1. The maximum Gasteiger partial charge on any atom is 0.241 e. The first-order valence-corrected chi connectivity index (χ1v) is 11.7. The van der Waals surface area contributed by atoms with E-state index in [1.54, 1.807) is 6.07 Å². The topological polar surface area (TPSA) is 49.4 Å². The predicted octanol–water partition coefficient (Wildman–Crippen LogP) is 4.46. The van der Waals surface area contributed by atoms with Crippen LogP contribution in [-0.4, -0.2) is 32.4 Å². The Bertz CT molecular complexity index is 865. The fourth-order valence-corrected chi connectivity index (χ4v) is 6.15. The molecule has 1 N–H and O–H groups in total. The number of aryl methyl sites for hydroxylation is 1. The fourth-order valence-electron chi connectivity index (χ4n) is 3.17. The number of rotatable bonds is 5. The Morgan fingerprint density at radius 1 is 1.08 bits per heavy atom. The van der Waals surface area contributed by atoms with Gasteiger partial charge in [-0.3, -0.25) is 4.90 Å². The lowest BCUT2D eigenvalue weighted by molar-refractivity contribution is 0.200. The molecule has 26 heavy (non-hydrogen) atoms. The maximum absolute atomic E-state index is 12.8. The minimum Gasteiger partial charge on any atom is -0.299 e. The Balaban J connectivity index is 1.61. The van der Waals surface area contributed by atoms with E-state index in [4.69, 9.17) is 0 Å². The van der Waals surface area contributed by atoms with Gasteiger partial charge in [-0.15, -0.1) is 0 Å². The van der Waals surface area contributed by atoms with E-state index in [0.29, 0.717) is 4.47 Å². The molecular weight excluding hydrogens is 480 g/mol. The number of hydrogen-bond acceptors (Lipinski definition) is 3. The van der Waals surface area contributed by atoms with Gasteiger partial charge in [0.05, 0.1) is 4.90 Å². The lowest BCUT2D eigenvalue weighted by Gasteiger charge is -2.32. The summed E-state index contributed by atoms with van der Waals surface area (Å²) < 4.78 is 29.8. The van der Waals surface area contributed by atoms with Crippen LogP contribution < -0.4 is 4.72 Å². The molecule has 0 spiro atoms. The number of sulfonamides is 1. The highest BCUT2D eigenvalue weighted by Gasteiger charge is 2.26. The minimum absolute atomic E-state index is 0.0287. The summed E-state index contributed by atoms with van der Waals surface area (Å²) in [6.07, 6.45) is 1.63. The summed E-state index contributed by atoms with van der Waals surface area (Å²) >= 11 is 6.80. The van der Waals surface area contributed by atoms with E-state index in [1.165, 1.54) is 5.56 Å². The largest absolute Gasteiger partial charge is 0.299 e. The minimum atomic E-state index is -3.55. The second-order valence-corrected chi connectivity index (χ2v) is 10.1. The molecule has 0 aliphatic carbocycles. The molecule has 7 heteroatoms. The highest BCUT2D eigenvalue weighted by molar-refractivity contribution is 9.11. The first-order chi connectivity index (χ1) is 12.3. The van der Waals surface area contributed by atoms with Gasteiger partial charge in [0.2, 0.25) is 10.0 Å². The summed E-state index contributed by atoms with van der Waals surface area (Å²) in [6, 6.07) is 13.8. The van der Waals surface area contributed by atoms with Crippen LogP contribution in [0.2, 0.25) is 0 Å². The zero-order valence-electron chi connectivity index (χ0n) is 14.6. The highest BCUT2D eigenvalue weighted by Crippen LogP contribution is 2.29. The first kappa shape index (κ1) is 20.0. The van der Waals surface area contributed by atoms with Gasteiger partial charge >= 0.3 is 0 Å². The zero-order chi connectivity index (χ0) is 18.7. The van der Waals surface area contributed by atoms with Crippen LogP contribution in [0.25, 0.3) is 0 Å². The summed E-state index contributed by atoms with van der Waals surface area (Å²) in [5.41, 5.74) is 2.28. The van der Waals surface area contributed by atoms with Gasteiger partial charge in [0, 0.05) is 34.6 Å². The number of likely N-dealkylation sites (tertiary alicyclic amines) is 1. The molecule has 1 heterocycles. The van der Waals surface area contributed by atoms with Crippen LogP contribution in [0.5, 0.6) is 0 Å². The van der Waals surface area contributed by atoms with E-state index in [0.717, 1.165) is 42.5 Å². The van der Waals surface area contributed by atoms with Crippen LogP contribution in [0.1, 0.15) is 24.0 Å². The van der Waals surface area contributed by atoms with Gasteiger partial charge in [0.15, 0.2) is 0 Å². The van der Waals surface area contributed by atoms with Gasteiger partial charge in [-0.1, -0.05) is 46.3 Å². The summed E-state index contributed by atoms with van der Waals surface area (Å²) in [5, 5.41) is 0. The Morgan fingerprint density at radius 2 is 1.73 bits per heavy atom. The normalized spacial score (nSPS) is 16.7. The van der Waals surface area contributed by atoms with Crippen molar-refractivity contribution in [3.05, 3.63) is 62.5 Å². The number of nitrogens with one attached hydrogen (secondary N) is 1. The SMILES string of the molecule is Cc1cc(Br)c(S(=O)(=O)NC2CCN(Cc3ccccc3)CC2)cc1Br. The molecule has 2 aromatic rings. The second-order valence-electron chi connectivity index (χ2n) is 6.69. The van der Waals surface area contributed by atoms with Crippen molar-refractivity contribution in [2.75, 3.05) is 13.1 Å². The van der Waals surface area contributed by atoms with Crippen molar-refractivity contribution in [1.82, 2.24) is 9.62 Å². The molecule has 3 rings (SSSR count). The quantitative estimate of drug-likeness (QED) is 0.657. The van der Waals surface area contributed by atoms with Crippen LogP contribution in [0.3, 0.4) is 0 Å². The lowest BCUT2D eigenvalue weighted by Crippen LogP contribution is -2.44. The summed E-state index contributed by atoms with van der Waals surface area (Å²) in [5.74, 6) is 0. The summed E-state index contributed by atoms with van der Waals surface area (Å²) in [7, 11) is -3.55. The molecule has 1 aliphatic heterocycles. The van der Waals surface area contributed by atoms with Crippen LogP contribution in [0.15, 0.2) is 56.3 Å². The Labute approximate surface area is 172 Å². The summed E-state index contributed by atoms with van der Waals surface area (Å²) in [4.78, 5) is 2.65. The summed E-state index contributed by atoms with van der Waals surface area (Å²) in [6.45, 7) is 4.62. The fraction of sp³-hybridized carbons (Fsp3) is 0.368. The zero-order valence-corrected chi connectivity index (χ0v) is 18.6. The molecule has 4 nitrogen and oxygen atoms in total. The molecule has 0 radical (unpaired) electrons. The average Bonchev–Trinajstić information content (AvgIpc) is 2.60. The molecule has 0 bridgehead atoms. The van der Waals surface area contributed by atoms with Crippen LogP contribution >= 0.6 is 31.9 Å². The molecule has 140 valence electrons. The Kier molecular flexibility index (Phi) is 6.56. The third-order valence-corrected chi connectivity index (χ3v) is 7.99. The van der Waals surface area contributed by atoms with Crippen molar-refractivity contribution in [3.8, 4) is 0 Å². The van der Waals surface area contributed by atoms with Crippen LogP contribution in [-0.2, 0) is 16.6 Å². The monoisotopic (exact) mass is 500 g/mol. The highest BCUT2D eigenvalue weighted by atomic mass is 79.9. The Hall–Kier alpha value is -0.730. The Morgan fingerprint density at radius 3 is 2.38 bits per heavy atom. The van der Waals surface area contributed by atoms with Crippen LogP contribution in [0.4, 0.5) is 0 Å². The van der Waals surface area contributed by atoms with E-state index < -0.39 is 10.0 Å². The molecule has 1 saturated heterocycles. The average molecular weight is 502 g/mol. The standard InChI is InChI=1S/C19H22Br2N2O2S/c1-14-11-18(21)19(12-17(14)20)26(24,25)22-16-7-9-23(10-8-16)13-15-5-3-2-4-6-15/h2-6,11-12,16,22H,7-10,13H2,1H3. The van der Waals surface area contributed by atoms with Gasteiger partial charge < -0.3 is 0 Å². The molecule has 1 aliphatic rings. The van der Waals surface area contributed by atoms with Crippen molar-refractivity contribution in [3.63, 3.8) is 0 Å². The number of benzene rings is 2. The number of halogens is 2. The molecule has 0 saturated carbocycles. The predicted molar refractivity (Wildman–Crippen MR) is 112 cm³/mol. The van der Waals surface area contributed by atoms with Crippen molar-refractivity contribution in [2.24, 2.45) is 0 Å². The van der Waals surface area contributed by atoms with E-state index >= 15 is 0 Å². The van der Waals surface area contributed by atoms with E-state index in [2.05, 4.69) is 53.6 Å². The van der Waals surface area contributed by atoms with Gasteiger partial charge in [-0.25, -0.2) is 13.1 Å². The van der Waals surface area contributed by atoms with Crippen LogP contribution in [0, 0.1) is 6.92 Å². The van der Waals surface area contributed by atoms with Gasteiger partial charge in [0.1, 0.15) is 0 Å². The third-order valence-electron chi connectivity index (χ3n) is 4.66. The first-order valence-electron chi connectivity index (χ1n) is 8.59. The van der Waals surface area contributed by atoms with E-state index in [-0.39, 0.29) is 10.9 Å². The number of piperidine rings is 1. The molecule has 0 aromatic heterocycles. The van der Waals surface area contributed by atoms with Crippen molar-refractivity contribution < 1.29 is 8.42 Å². The molecule has 2 aromatic carbocycles. The second kappa shape index (κ2) is 8.52. The van der Waals surface area contributed by atoms with Crippen molar-refractivity contribution >= 4 is 41.9 Å². The van der Waals surface area contributed by atoms with Gasteiger partial charge in [-0.05, 0) is 59.0 Å². The van der Waals surface area contributed by atoms with Crippen molar-refractivity contribution in [1.29, 1.82) is 0 Å². The van der Waals surface area contributed by atoms with Gasteiger partial charge in [0.25, 0.3) is 0 Å². The van der Waals surface area contributed by atoms with Gasteiger partial charge in [-0.2, -0.15) is 0 Å². The molecule has 1 fully saturated rings. The third kappa shape index (κ3) is 4.95. The lowest BCUT2D eigenvalue weighted by atomic mass is 10.1. The molecule has 0 atom stereocenters. The molecular formula is C19H22Br2N2O2S. The maximum atomic E-state index is 12.8.